The van der Waals surface area contributed by atoms with Gasteiger partial charge in [-0.05, 0) is 68.1 Å². The third-order valence-corrected chi connectivity index (χ3v) is 6.66. The lowest BCUT2D eigenvalue weighted by atomic mass is 9.96. The Hall–Kier alpha value is -1.88. The van der Waals surface area contributed by atoms with E-state index in [0.29, 0.717) is 6.54 Å². The summed E-state index contributed by atoms with van der Waals surface area (Å²) in [5.74, 6) is 0.220. The number of nitrogens with zero attached hydrogens (tertiary/aromatic N) is 2. The van der Waals surface area contributed by atoms with Crippen LogP contribution < -0.4 is 5.32 Å². The Morgan fingerprint density at radius 1 is 0.933 bits per heavy atom. The third kappa shape index (κ3) is 5.84. The lowest BCUT2D eigenvalue weighted by Gasteiger charge is -2.32. The van der Waals surface area contributed by atoms with Gasteiger partial charge >= 0.3 is 0 Å². The van der Waals surface area contributed by atoms with Crippen molar-refractivity contribution in [3.63, 3.8) is 0 Å². The molecule has 4 rings (SSSR count). The molecule has 0 spiro atoms. The Labute approximate surface area is 185 Å². The van der Waals surface area contributed by atoms with Crippen molar-refractivity contribution in [2.24, 2.45) is 5.92 Å². The normalized spacial score (nSPS) is 20.4. The molecule has 0 radical (unpaired) electrons. The summed E-state index contributed by atoms with van der Waals surface area (Å²) in [5.41, 5.74) is 3.66. The standard InChI is InChI=1S/C25H32ClN3O/c26-24-11-2-1-9-22(24)18-29-14-6-10-23(19-29)25(30)27-16-20-7-5-8-21(15-20)17-28-12-3-4-13-28/h1-2,5,7-9,11,15,23H,3-4,6,10,12-14,16-19H2,(H,27,30). The minimum absolute atomic E-state index is 0.0500. The van der Waals surface area contributed by atoms with Gasteiger partial charge in [-0.15, -0.1) is 0 Å². The summed E-state index contributed by atoms with van der Waals surface area (Å²) in [4.78, 5) is 17.7. The van der Waals surface area contributed by atoms with Gasteiger partial charge in [-0.25, -0.2) is 0 Å². The Balaban J connectivity index is 1.28. The molecule has 0 aromatic heterocycles. The van der Waals surface area contributed by atoms with Crippen LogP contribution >= 0.6 is 11.6 Å². The van der Waals surface area contributed by atoms with Gasteiger partial charge in [0.25, 0.3) is 0 Å². The number of halogens is 1. The van der Waals surface area contributed by atoms with E-state index < -0.39 is 0 Å². The van der Waals surface area contributed by atoms with Gasteiger partial charge in [0.15, 0.2) is 0 Å². The number of piperidine rings is 1. The number of rotatable bonds is 7. The zero-order valence-corrected chi connectivity index (χ0v) is 18.4. The molecule has 5 heteroatoms. The molecule has 2 aliphatic heterocycles. The van der Waals surface area contributed by atoms with Crippen LogP contribution in [0.2, 0.25) is 5.02 Å². The van der Waals surface area contributed by atoms with Gasteiger partial charge in [0.05, 0.1) is 5.92 Å². The van der Waals surface area contributed by atoms with Crippen LogP contribution in [0.4, 0.5) is 0 Å². The molecule has 4 nitrogen and oxygen atoms in total. The second-order valence-corrected chi connectivity index (χ2v) is 9.09. The maximum atomic E-state index is 12.8. The molecule has 30 heavy (non-hydrogen) atoms. The molecule has 0 bridgehead atoms. The molecule has 2 fully saturated rings. The maximum absolute atomic E-state index is 12.8. The molecule has 0 aliphatic carbocycles. The van der Waals surface area contributed by atoms with Gasteiger partial charge in [0.2, 0.25) is 5.91 Å². The van der Waals surface area contributed by atoms with E-state index in [0.717, 1.165) is 49.6 Å². The van der Waals surface area contributed by atoms with Gasteiger partial charge in [0.1, 0.15) is 0 Å². The summed E-state index contributed by atoms with van der Waals surface area (Å²) in [6.07, 6.45) is 4.63. The largest absolute Gasteiger partial charge is 0.352 e. The first-order chi connectivity index (χ1) is 14.7. The van der Waals surface area contributed by atoms with E-state index in [1.165, 1.54) is 37.1 Å². The minimum atomic E-state index is 0.0500. The highest BCUT2D eigenvalue weighted by atomic mass is 35.5. The first-order valence-electron chi connectivity index (χ1n) is 11.2. The summed E-state index contributed by atoms with van der Waals surface area (Å²) in [6.45, 7) is 6.65. The molecule has 2 aromatic carbocycles. The highest BCUT2D eigenvalue weighted by Crippen LogP contribution is 2.22. The monoisotopic (exact) mass is 425 g/mol. The number of carbonyl (C=O) groups is 1. The molecular weight excluding hydrogens is 394 g/mol. The third-order valence-electron chi connectivity index (χ3n) is 6.29. The fourth-order valence-electron chi connectivity index (χ4n) is 4.65. The van der Waals surface area contributed by atoms with E-state index in [4.69, 9.17) is 11.6 Å². The molecule has 1 amide bonds. The topological polar surface area (TPSA) is 35.6 Å². The Morgan fingerprint density at radius 3 is 2.53 bits per heavy atom. The summed E-state index contributed by atoms with van der Waals surface area (Å²) >= 11 is 6.32. The first-order valence-corrected chi connectivity index (χ1v) is 11.6. The molecular formula is C25H32ClN3O. The molecule has 1 N–H and O–H groups in total. The van der Waals surface area contributed by atoms with Crippen LogP contribution in [0.1, 0.15) is 42.4 Å². The number of hydrogen-bond acceptors (Lipinski definition) is 3. The number of nitrogens with one attached hydrogen (secondary N) is 1. The smallest absolute Gasteiger partial charge is 0.224 e. The minimum Gasteiger partial charge on any atom is -0.352 e. The summed E-state index contributed by atoms with van der Waals surface area (Å²) < 4.78 is 0. The molecule has 0 saturated carbocycles. The second kappa shape index (κ2) is 10.4. The van der Waals surface area contributed by atoms with E-state index in [1.54, 1.807) is 0 Å². The highest BCUT2D eigenvalue weighted by Gasteiger charge is 2.26. The summed E-state index contributed by atoms with van der Waals surface area (Å²) in [5, 5.41) is 3.98. The van der Waals surface area contributed by atoms with E-state index in [9.17, 15) is 4.79 Å². The predicted octanol–water partition coefficient (Wildman–Crippen LogP) is 4.46. The number of amides is 1. The number of hydrogen-bond donors (Lipinski definition) is 1. The fourth-order valence-corrected chi connectivity index (χ4v) is 4.85. The van der Waals surface area contributed by atoms with Gasteiger partial charge in [-0.1, -0.05) is 54.1 Å². The zero-order chi connectivity index (χ0) is 20.8. The van der Waals surface area contributed by atoms with Crippen molar-refractivity contribution in [3.05, 3.63) is 70.2 Å². The molecule has 2 aromatic rings. The number of benzene rings is 2. The summed E-state index contributed by atoms with van der Waals surface area (Å²) in [7, 11) is 0. The zero-order valence-electron chi connectivity index (χ0n) is 17.7. The first kappa shape index (κ1) is 21.4. The van der Waals surface area contributed by atoms with Crippen molar-refractivity contribution >= 4 is 17.5 Å². The van der Waals surface area contributed by atoms with Crippen LogP contribution in [0.25, 0.3) is 0 Å². The number of likely N-dealkylation sites (tertiary alicyclic amines) is 2. The maximum Gasteiger partial charge on any atom is 0.224 e. The van der Waals surface area contributed by atoms with Crippen LogP contribution in [-0.2, 0) is 24.4 Å². The van der Waals surface area contributed by atoms with Crippen LogP contribution in [0.3, 0.4) is 0 Å². The van der Waals surface area contributed by atoms with Gasteiger partial charge < -0.3 is 5.32 Å². The van der Waals surface area contributed by atoms with E-state index in [2.05, 4.69) is 45.4 Å². The van der Waals surface area contributed by atoms with Crippen molar-refractivity contribution in [1.29, 1.82) is 0 Å². The van der Waals surface area contributed by atoms with Crippen molar-refractivity contribution in [2.75, 3.05) is 26.2 Å². The average Bonchev–Trinajstić information content (AvgIpc) is 3.27. The second-order valence-electron chi connectivity index (χ2n) is 8.69. The average molecular weight is 426 g/mol. The van der Waals surface area contributed by atoms with Gasteiger partial charge in [0, 0.05) is 31.2 Å². The van der Waals surface area contributed by atoms with Crippen molar-refractivity contribution in [1.82, 2.24) is 15.1 Å². The van der Waals surface area contributed by atoms with E-state index >= 15 is 0 Å². The van der Waals surface area contributed by atoms with Gasteiger partial charge in [-0.3, -0.25) is 14.6 Å². The van der Waals surface area contributed by atoms with Crippen molar-refractivity contribution in [2.45, 2.75) is 45.3 Å². The fraction of sp³-hybridized carbons (Fsp3) is 0.480. The molecule has 160 valence electrons. The lowest BCUT2D eigenvalue weighted by Crippen LogP contribution is -2.42. The molecule has 2 saturated heterocycles. The predicted molar refractivity (Wildman–Crippen MR) is 122 cm³/mol. The molecule has 1 atom stereocenters. The highest BCUT2D eigenvalue weighted by molar-refractivity contribution is 6.31. The van der Waals surface area contributed by atoms with Crippen molar-refractivity contribution in [3.8, 4) is 0 Å². The quantitative estimate of drug-likeness (QED) is 0.711. The Morgan fingerprint density at radius 2 is 1.70 bits per heavy atom. The van der Waals surface area contributed by atoms with E-state index in [1.807, 2.05) is 18.2 Å². The van der Waals surface area contributed by atoms with Crippen LogP contribution in [0.15, 0.2) is 48.5 Å². The molecule has 1 unspecified atom stereocenters. The summed E-state index contributed by atoms with van der Waals surface area (Å²) in [6, 6.07) is 16.6. The lowest BCUT2D eigenvalue weighted by molar-refractivity contribution is -0.126. The Kier molecular flexibility index (Phi) is 7.42. The van der Waals surface area contributed by atoms with Crippen LogP contribution in [0, 0.1) is 5.92 Å². The SMILES string of the molecule is O=C(NCc1cccc(CN2CCCC2)c1)C1CCCN(Cc2ccccc2Cl)C1. The van der Waals surface area contributed by atoms with Gasteiger partial charge in [-0.2, -0.15) is 0 Å². The molecule has 2 heterocycles. The van der Waals surface area contributed by atoms with Crippen molar-refractivity contribution < 1.29 is 4.79 Å². The van der Waals surface area contributed by atoms with Crippen LogP contribution in [-0.4, -0.2) is 41.9 Å². The van der Waals surface area contributed by atoms with E-state index in [-0.39, 0.29) is 11.8 Å². The Bertz CT molecular complexity index is 850. The van der Waals surface area contributed by atoms with Crippen LogP contribution in [0.5, 0.6) is 0 Å². The molecule has 2 aliphatic rings. The number of carbonyl (C=O) groups excluding carboxylic acids is 1.